The predicted octanol–water partition coefficient (Wildman–Crippen LogP) is 1.66. The van der Waals surface area contributed by atoms with E-state index < -0.39 is 23.5 Å². The van der Waals surface area contributed by atoms with Crippen molar-refractivity contribution in [2.75, 3.05) is 34.3 Å². The van der Waals surface area contributed by atoms with Crippen molar-refractivity contribution >= 4 is 17.4 Å². The van der Waals surface area contributed by atoms with Crippen LogP contribution in [0.15, 0.2) is 72.3 Å². The summed E-state index contributed by atoms with van der Waals surface area (Å²) in [5.74, 6) is -1.33. The van der Waals surface area contributed by atoms with Crippen LogP contribution in [0.25, 0.3) is 5.76 Å². The van der Waals surface area contributed by atoms with Crippen molar-refractivity contribution < 1.29 is 34.2 Å². The number of hydrogen-bond donors (Lipinski definition) is 2. The van der Waals surface area contributed by atoms with Crippen LogP contribution in [0.2, 0.25) is 0 Å². The summed E-state index contributed by atoms with van der Waals surface area (Å²) in [7, 11) is 5.31. The Bertz CT molecular complexity index is 1370. The zero-order valence-corrected chi connectivity index (χ0v) is 22.0. The molecule has 1 aliphatic heterocycles. The van der Waals surface area contributed by atoms with Gasteiger partial charge in [0.2, 0.25) is 5.78 Å². The number of hydrogen-bond acceptors (Lipinski definition) is 6. The van der Waals surface area contributed by atoms with Gasteiger partial charge in [-0.1, -0.05) is 48.2 Å². The maximum absolute atomic E-state index is 13.8. The molecule has 3 aromatic rings. The SMILES string of the molecule is COc1cc(C2/C(=C(\[O-])c3ccc(OCc4ccccc4)cc3C)C(=O)C(=O)N2CC[NH+](C)C)ccc1O. The molecular weight excluding hydrogens is 484 g/mol. The molecule has 1 saturated heterocycles. The van der Waals surface area contributed by atoms with Gasteiger partial charge in [0.15, 0.2) is 11.5 Å². The van der Waals surface area contributed by atoms with E-state index in [4.69, 9.17) is 9.47 Å². The number of likely N-dealkylation sites (tertiary alicyclic amines) is 1. The molecule has 1 atom stereocenters. The number of rotatable bonds is 9. The van der Waals surface area contributed by atoms with Crippen molar-refractivity contribution in [1.82, 2.24) is 4.90 Å². The average Bonchev–Trinajstić information content (AvgIpc) is 3.16. The predicted molar refractivity (Wildman–Crippen MR) is 141 cm³/mol. The first-order chi connectivity index (χ1) is 18.2. The van der Waals surface area contributed by atoms with Gasteiger partial charge in [-0.3, -0.25) is 9.59 Å². The number of aryl methyl sites for hydroxylation is 1. The Labute approximate surface area is 222 Å². The molecule has 0 aromatic heterocycles. The van der Waals surface area contributed by atoms with Crippen LogP contribution >= 0.6 is 0 Å². The summed E-state index contributed by atoms with van der Waals surface area (Å²) in [5.41, 5.74) is 2.37. The van der Waals surface area contributed by atoms with Gasteiger partial charge in [-0.05, 0) is 53.4 Å². The van der Waals surface area contributed by atoms with Crippen molar-refractivity contribution in [3.63, 3.8) is 0 Å². The van der Waals surface area contributed by atoms with Gasteiger partial charge in [-0.15, -0.1) is 0 Å². The lowest BCUT2D eigenvalue weighted by molar-refractivity contribution is -0.857. The van der Waals surface area contributed by atoms with Crippen molar-refractivity contribution in [1.29, 1.82) is 0 Å². The van der Waals surface area contributed by atoms with E-state index in [1.54, 1.807) is 37.3 Å². The van der Waals surface area contributed by atoms with Crippen molar-refractivity contribution in [2.24, 2.45) is 0 Å². The van der Waals surface area contributed by atoms with Crippen molar-refractivity contribution in [2.45, 2.75) is 19.6 Å². The number of nitrogens with one attached hydrogen (secondary N) is 1. The second-order valence-corrected chi connectivity index (χ2v) is 9.61. The molecule has 1 fully saturated rings. The molecule has 1 amide bonds. The molecule has 4 rings (SSSR count). The highest BCUT2D eigenvalue weighted by Crippen LogP contribution is 2.41. The number of nitrogens with zero attached hydrogens (tertiary/aromatic N) is 1. The summed E-state index contributed by atoms with van der Waals surface area (Å²) >= 11 is 0. The Morgan fingerprint density at radius 2 is 1.79 bits per heavy atom. The number of phenols is 1. The normalized spacial score (nSPS) is 16.8. The summed E-state index contributed by atoms with van der Waals surface area (Å²) in [5, 5.41) is 23.9. The maximum Gasteiger partial charge on any atom is 0.295 e. The summed E-state index contributed by atoms with van der Waals surface area (Å²) in [6, 6.07) is 18.5. The van der Waals surface area contributed by atoms with E-state index in [1.165, 1.54) is 18.1 Å². The van der Waals surface area contributed by atoms with Crippen LogP contribution in [0.4, 0.5) is 0 Å². The average molecular weight is 517 g/mol. The lowest BCUT2D eigenvalue weighted by Crippen LogP contribution is -3.06. The monoisotopic (exact) mass is 516 g/mol. The zero-order chi connectivity index (χ0) is 27.4. The molecule has 0 spiro atoms. The first kappa shape index (κ1) is 26.8. The molecule has 8 heteroatoms. The Balaban J connectivity index is 1.74. The van der Waals surface area contributed by atoms with Gasteiger partial charge in [0.1, 0.15) is 12.4 Å². The number of carbonyl (C=O) groups excluding carboxylic acids is 2. The number of aromatic hydroxyl groups is 1. The van der Waals surface area contributed by atoms with Crippen LogP contribution in [-0.2, 0) is 16.2 Å². The van der Waals surface area contributed by atoms with Crippen LogP contribution in [0.3, 0.4) is 0 Å². The number of methoxy groups -OCH3 is 1. The topological polar surface area (TPSA) is 104 Å². The van der Waals surface area contributed by atoms with Gasteiger partial charge in [-0.2, -0.15) is 0 Å². The van der Waals surface area contributed by atoms with Gasteiger partial charge in [0, 0.05) is 5.57 Å². The Morgan fingerprint density at radius 3 is 2.45 bits per heavy atom. The van der Waals surface area contributed by atoms with Crippen molar-refractivity contribution in [3.05, 3.63) is 94.6 Å². The number of ether oxygens (including phenoxy) is 2. The van der Waals surface area contributed by atoms with E-state index in [2.05, 4.69) is 0 Å². The minimum absolute atomic E-state index is 0.0778. The van der Waals surface area contributed by atoms with E-state index >= 15 is 0 Å². The summed E-state index contributed by atoms with van der Waals surface area (Å²) in [6.45, 7) is 3.02. The number of carbonyl (C=O) groups is 2. The number of likely N-dealkylation sites (N-methyl/N-ethyl adjacent to an activating group) is 1. The van der Waals surface area contributed by atoms with Crippen LogP contribution in [0.5, 0.6) is 17.2 Å². The Hall–Kier alpha value is -4.30. The molecule has 0 aliphatic carbocycles. The number of amides is 1. The molecule has 8 nitrogen and oxygen atoms in total. The molecule has 1 aliphatic rings. The highest BCUT2D eigenvalue weighted by molar-refractivity contribution is 6.46. The van der Waals surface area contributed by atoms with E-state index in [1.807, 2.05) is 44.4 Å². The van der Waals surface area contributed by atoms with E-state index in [0.29, 0.717) is 35.6 Å². The first-order valence-electron chi connectivity index (χ1n) is 12.4. The molecule has 1 heterocycles. The highest BCUT2D eigenvalue weighted by atomic mass is 16.5. The van der Waals surface area contributed by atoms with Gasteiger partial charge in [-0.25, -0.2) is 0 Å². The largest absolute Gasteiger partial charge is 0.872 e. The molecule has 198 valence electrons. The third-order valence-electron chi connectivity index (χ3n) is 6.59. The second kappa shape index (κ2) is 11.4. The van der Waals surface area contributed by atoms with Gasteiger partial charge < -0.3 is 29.5 Å². The quantitative estimate of drug-likeness (QED) is 0.255. The number of quaternary nitrogens is 1. The summed E-state index contributed by atoms with van der Waals surface area (Å²) in [6.07, 6.45) is 0. The third kappa shape index (κ3) is 5.50. The fourth-order valence-electron chi connectivity index (χ4n) is 4.52. The first-order valence-corrected chi connectivity index (χ1v) is 12.4. The van der Waals surface area contributed by atoms with Gasteiger partial charge in [0.05, 0.1) is 40.3 Å². The number of benzene rings is 3. The third-order valence-corrected chi connectivity index (χ3v) is 6.59. The fraction of sp³-hybridized carbons (Fsp3) is 0.267. The zero-order valence-electron chi connectivity index (χ0n) is 22.0. The van der Waals surface area contributed by atoms with E-state index in [-0.39, 0.29) is 23.6 Å². The molecule has 3 aromatic carbocycles. The summed E-state index contributed by atoms with van der Waals surface area (Å²) < 4.78 is 11.1. The molecule has 0 radical (unpaired) electrons. The van der Waals surface area contributed by atoms with E-state index in [0.717, 1.165) is 10.5 Å². The second-order valence-electron chi connectivity index (χ2n) is 9.61. The summed E-state index contributed by atoms with van der Waals surface area (Å²) in [4.78, 5) is 28.9. The standard InChI is InChI=1S/C30H32N2O6/c1-19-16-22(38-18-20-8-6-5-7-9-20)11-12-23(19)28(34)26-27(21-10-13-24(33)25(17-21)37-4)32(15-14-31(2)3)30(36)29(26)35/h5-13,16-17,27,33-34H,14-15,18H2,1-4H3/b28-26+. The minimum atomic E-state index is -0.898. The maximum atomic E-state index is 13.8. The number of Topliss-reactive ketones (excluding diaryl/α,β-unsaturated/α-hetero) is 1. The molecular formula is C30H32N2O6. The molecule has 2 N–H and O–H groups in total. The fourth-order valence-corrected chi connectivity index (χ4v) is 4.52. The number of phenolic OH excluding ortho intramolecular Hbond substituents is 1. The lowest BCUT2D eigenvalue weighted by Gasteiger charge is -2.28. The smallest absolute Gasteiger partial charge is 0.295 e. The Kier molecular flexibility index (Phi) is 8.02. The molecule has 1 unspecified atom stereocenters. The Morgan fingerprint density at radius 1 is 1.05 bits per heavy atom. The van der Waals surface area contributed by atoms with Gasteiger partial charge >= 0.3 is 0 Å². The van der Waals surface area contributed by atoms with Crippen LogP contribution < -0.4 is 19.5 Å². The van der Waals surface area contributed by atoms with Gasteiger partial charge in [0.25, 0.3) is 5.91 Å². The lowest BCUT2D eigenvalue weighted by atomic mass is 9.93. The molecule has 0 bridgehead atoms. The minimum Gasteiger partial charge on any atom is -0.872 e. The van der Waals surface area contributed by atoms with E-state index in [9.17, 15) is 19.8 Å². The highest BCUT2D eigenvalue weighted by Gasteiger charge is 2.44. The van der Waals surface area contributed by atoms with Crippen molar-refractivity contribution in [3.8, 4) is 17.2 Å². The number of ketones is 1. The van der Waals surface area contributed by atoms with Crippen LogP contribution in [0, 0.1) is 6.92 Å². The molecule has 0 saturated carbocycles. The van der Waals surface area contributed by atoms with Crippen LogP contribution in [-0.4, -0.2) is 56.0 Å². The van der Waals surface area contributed by atoms with Crippen LogP contribution in [0.1, 0.15) is 28.3 Å². The molecule has 38 heavy (non-hydrogen) atoms.